The van der Waals surface area contributed by atoms with Crippen molar-refractivity contribution >= 4 is 39.0 Å². The highest BCUT2D eigenvalue weighted by Gasteiger charge is 2.19. The Morgan fingerprint density at radius 1 is 0.409 bits per heavy atom. The molecule has 0 N–H and O–H groups in total. The van der Waals surface area contributed by atoms with Crippen molar-refractivity contribution in [2.45, 2.75) is 0 Å². The van der Waals surface area contributed by atoms with Crippen LogP contribution in [-0.2, 0) is 0 Å². The van der Waals surface area contributed by atoms with Gasteiger partial charge in [-0.05, 0) is 75.8 Å². The molecule has 0 fully saturated rings. The summed E-state index contributed by atoms with van der Waals surface area (Å²) in [6.07, 6.45) is 3.61. The van der Waals surface area contributed by atoms with Crippen molar-refractivity contribution in [1.82, 2.24) is 4.98 Å². The second-order valence-corrected chi connectivity index (χ2v) is 10.9. The molecule has 0 unspecified atom stereocenters. The quantitative estimate of drug-likeness (QED) is 0.201. The highest BCUT2D eigenvalue weighted by Crippen LogP contribution is 2.43. The predicted octanol–water partition coefficient (Wildman–Crippen LogP) is 11.5. The Bertz CT molecular complexity index is 2180. The molecule has 2 aromatic heterocycles. The van der Waals surface area contributed by atoms with E-state index >= 15 is 0 Å². The molecule has 8 aromatic rings. The highest BCUT2D eigenvalue weighted by atomic mass is 16.3. The Labute approximate surface area is 256 Å². The van der Waals surface area contributed by atoms with E-state index in [9.17, 15) is 0 Å². The third-order valence-corrected chi connectivity index (χ3v) is 8.20. The fourth-order valence-corrected chi connectivity index (χ4v) is 6.00. The summed E-state index contributed by atoms with van der Waals surface area (Å²) in [5, 5.41) is 2.12. The predicted molar refractivity (Wildman–Crippen MR) is 183 cm³/mol. The van der Waals surface area contributed by atoms with Crippen LogP contribution in [0, 0.1) is 0 Å². The van der Waals surface area contributed by atoms with Gasteiger partial charge in [0.25, 0.3) is 0 Å². The minimum Gasteiger partial charge on any atom is -0.454 e. The van der Waals surface area contributed by atoms with Gasteiger partial charge in [0.1, 0.15) is 5.58 Å². The Morgan fingerprint density at radius 2 is 0.886 bits per heavy atom. The summed E-state index contributed by atoms with van der Waals surface area (Å²) in [7, 11) is 0. The summed E-state index contributed by atoms with van der Waals surface area (Å²) >= 11 is 0. The van der Waals surface area contributed by atoms with Gasteiger partial charge in [0.05, 0.1) is 17.3 Å². The lowest BCUT2D eigenvalue weighted by atomic mass is 10.00. The highest BCUT2D eigenvalue weighted by molar-refractivity contribution is 6.13. The maximum atomic E-state index is 6.22. The van der Waals surface area contributed by atoms with Gasteiger partial charge >= 0.3 is 0 Å². The zero-order chi connectivity index (χ0) is 29.3. The van der Waals surface area contributed by atoms with Gasteiger partial charge in [-0.25, -0.2) is 0 Å². The second-order valence-electron chi connectivity index (χ2n) is 10.9. The molecule has 0 amide bonds. The van der Waals surface area contributed by atoms with Gasteiger partial charge in [0, 0.05) is 23.0 Å². The molecule has 3 nitrogen and oxygen atoms in total. The van der Waals surface area contributed by atoms with E-state index in [1.54, 1.807) is 6.20 Å². The fourth-order valence-electron chi connectivity index (χ4n) is 6.00. The van der Waals surface area contributed by atoms with Crippen molar-refractivity contribution < 1.29 is 4.42 Å². The third-order valence-electron chi connectivity index (χ3n) is 8.20. The molecule has 0 bridgehead atoms. The van der Waals surface area contributed by atoms with Crippen molar-refractivity contribution in [3.05, 3.63) is 170 Å². The van der Waals surface area contributed by atoms with E-state index in [1.807, 2.05) is 30.5 Å². The molecule has 8 rings (SSSR count). The number of anilines is 3. The number of furan rings is 1. The third kappa shape index (κ3) is 4.71. The lowest BCUT2D eigenvalue weighted by molar-refractivity contribution is 0.667. The first-order valence-electron chi connectivity index (χ1n) is 14.8. The summed E-state index contributed by atoms with van der Waals surface area (Å²) in [6.45, 7) is 0. The van der Waals surface area contributed by atoms with Gasteiger partial charge in [-0.15, -0.1) is 0 Å². The lowest BCUT2D eigenvalue weighted by Gasteiger charge is -2.26. The first-order chi connectivity index (χ1) is 21.8. The summed E-state index contributed by atoms with van der Waals surface area (Å²) in [5.41, 5.74) is 12.0. The van der Waals surface area contributed by atoms with Crippen molar-refractivity contribution in [3.8, 4) is 33.4 Å². The second kappa shape index (κ2) is 11.0. The number of pyridine rings is 1. The topological polar surface area (TPSA) is 29.3 Å². The molecule has 0 saturated heterocycles. The number of fused-ring (bicyclic) bond motifs is 3. The standard InChI is InChI=1S/C41H28N2O/c1-3-8-29(9-4-1)31-14-16-32(17-15-31)34-20-24-36(25-21-34)43(35-22-18-33(19-23-35)30-10-5-2-6-11-30)38-12-7-13-39-41(38)37-26-27-42-28-40(37)44-39/h1-28H. The van der Waals surface area contributed by atoms with Crippen LogP contribution in [0.25, 0.3) is 55.3 Å². The largest absolute Gasteiger partial charge is 0.454 e. The van der Waals surface area contributed by atoms with E-state index < -0.39 is 0 Å². The van der Waals surface area contributed by atoms with Gasteiger partial charge in [0.15, 0.2) is 5.58 Å². The van der Waals surface area contributed by atoms with Crippen LogP contribution in [0.2, 0.25) is 0 Å². The summed E-state index contributed by atoms with van der Waals surface area (Å²) in [4.78, 5) is 6.61. The fraction of sp³-hybridized carbons (Fsp3) is 0. The van der Waals surface area contributed by atoms with Crippen molar-refractivity contribution in [1.29, 1.82) is 0 Å². The normalized spacial score (nSPS) is 11.2. The first-order valence-corrected chi connectivity index (χ1v) is 14.8. The molecule has 0 aliphatic heterocycles. The monoisotopic (exact) mass is 564 g/mol. The molecular formula is C41H28N2O. The molecule has 44 heavy (non-hydrogen) atoms. The summed E-state index contributed by atoms with van der Waals surface area (Å²) in [6, 6.07) is 55.6. The molecule has 0 aliphatic rings. The van der Waals surface area contributed by atoms with Crippen molar-refractivity contribution in [2.75, 3.05) is 4.90 Å². The van der Waals surface area contributed by atoms with Gasteiger partial charge in [-0.1, -0.05) is 115 Å². The van der Waals surface area contributed by atoms with Crippen LogP contribution >= 0.6 is 0 Å². The van der Waals surface area contributed by atoms with Crippen LogP contribution in [0.5, 0.6) is 0 Å². The van der Waals surface area contributed by atoms with Crippen molar-refractivity contribution in [3.63, 3.8) is 0 Å². The molecule has 0 radical (unpaired) electrons. The van der Waals surface area contributed by atoms with Gasteiger partial charge < -0.3 is 9.32 Å². The van der Waals surface area contributed by atoms with E-state index in [1.165, 1.54) is 33.4 Å². The number of rotatable bonds is 6. The lowest BCUT2D eigenvalue weighted by Crippen LogP contribution is -2.10. The van der Waals surface area contributed by atoms with Gasteiger partial charge in [0.2, 0.25) is 0 Å². The van der Waals surface area contributed by atoms with Crippen LogP contribution in [0.15, 0.2) is 175 Å². The van der Waals surface area contributed by atoms with Gasteiger partial charge in [-0.3, -0.25) is 4.98 Å². The van der Waals surface area contributed by atoms with E-state index in [4.69, 9.17) is 4.42 Å². The smallest absolute Gasteiger partial charge is 0.153 e. The van der Waals surface area contributed by atoms with Crippen LogP contribution in [0.1, 0.15) is 0 Å². The van der Waals surface area contributed by atoms with Crippen LogP contribution in [0.4, 0.5) is 17.1 Å². The number of hydrogen-bond acceptors (Lipinski definition) is 3. The Kier molecular flexibility index (Phi) is 6.47. The average Bonchev–Trinajstić information content (AvgIpc) is 3.49. The Morgan fingerprint density at radius 3 is 1.41 bits per heavy atom. The summed E-state index contributed by atoms with van der Waals surface area (Å²) < 4.78 is 6.22. The molecule has 0 atom stereocenters. The molecule has 6 aromatic carbocycles. The van der Waals surface area contributed by atoms with E-state index in [2.05, 4.69) is 143 Å². The number of benzene rings is 6. The van der Waals surface area contributed by atoms with E-state index in [0.29, 0.717) is 0 Å². The van der Waals surface area contributed by atoms with Crippen molar-refractivity contribution in [2.24, 2.45) is 0 Å². The zero-order valence-electron chi connectivity index (χ0n) is 24.0. The van der Waals surface area contributed by atoms with Crippen LogP contribution < -0.4 is 4.90 Å². The SMILES string of the molecule is c1ccc(-c2ccc(-c3ccc(N(c4ccc(-c5ccccc5)cc4)c4cccc5oc6cnccc6c45)cc3)cc2)cc1. The molecule has 2 heterocycles. The Hall–Kier alpha value is -5.93. The Balaban J connectivity index is 1.22. The molecule has 3 heteroatoms. The minimum atomic E-state index is 0.781. The summed E-state index contributed by atoms with van der Waals surface area (Å²) in [5.74, 6) is 0. The maximum Gasteiger partial charge on any atom is 0.153 e. The molecule has 208 valence electrons. The number of hydrogen-bond donors (Lipinski definition) is 0. The van der Waals surface area contributed by atoms with E-state index in [-0.39, 0.29) is 0 Å². The van der Waals surface area contributed by atoms with E-state index in [0.717, 1.165) is 39.0 Å². The van der Waals surface area contributed by atoms with Gasteiger partial charge in [-0.2, -0.15) is 0 Å². The zero-order valence-corrected chi connectivity index (χ0v) is 24.0. The maximum absolute atomic E-state index is 6.22. The molecule has 0 spiro atoms. The molecule has 0 saturated carbocycles. The first kappa shape index (κ1) is 25.8. The molecule has 0 aliphatic carbocycles. The van der Waals surface area contributed by atoms with Crippen LogP contribution in [0.3, 0.4) is 0 Å². The van der Waals surface area contributed by atoms with Crippen LogP contribution in [-0.4, -0.2) is 4.98 Å². The number of aromatic nitrogens is 1. The molecular weight excluding hydrogens is 536 g/mol. The average molecular weight is 565 g/mol. The number of nitrogens with zero attached hydrogens (tertiary/aromatic N) is 2. The minimum absolute atomic E-state index is 0.781.